The van der Waals surface area contributed by atoms with Gasteiger partial charge in [0.15, 0.2) is 0 Å². The van der Waals surface area contributed by atoms with E-state index in [2.05, 4.69) is 20.7 Å². The van der Waals surface area contributed by atoms with E-state index in [1.807, 2.05) is 0 Å². The third-order valence-electron chi connectivity index (χ3n) is 2.30. The van der Waals surface area contributed by atoms with Gasteiger partial charge in [0, 0.05) is 6.42 Å². The lowest BCUT2D eigenvalue weighted by molar-refractivity contribution is -0.147. The number of benzene rings is 1. The molecule has 1 heterocycles. The van der Waals surface area contributed by atoms with Gasteiger partial charge in [-0.15, -0.1) is 0 Å². The van der Waals surface area contributed by atoms with E-state index >= 15 is 0 Å². The number of cyclic esters (lactones) is 1. The zero-order valence-corrected chi connectivity index (χ0v) is 9.45. The maximum Gasteiger partial charge on any atom is 0.345 e. The molecule has 0 bridgehead atoms. The minimum Gasteiger partial charge on any atom is -0.478 e. The highest BCUT2D eigenvalue weighted by molar-refractivity contribution is 9.10. The third kappa shape index (κ3) is 1.80. The number of halogens is 2. The number of carbonyl (C=O) groups excluding carboxylic acids is 1. The molecule has 1 aliphatic rings. The van der Waals surface area contributed by atoms with Gasteiger partial charge < -0.3 is 9.84 Å². The van der Waals surface area contributed by atoms with Crippen molar-refractivity contribution in [3.63, 3.8) is 0 Å². The number of carboxylic acids is 1. The van der Waals surface area contributed by atoms with Crippen molar-refractivity contribution >= 4 is 27.9 Å². The Bertz CT molecular complexity index is 486. The number of hydrogen-bond acceptors (Lipinski definition) is 3. The number of hydrogen-bond donors (Lipinski definition) is 1. The van der Waals surface area contributed by atoms with Crippen LogP contribution in [0.3, 0.4) is 0 Å². The van der Waals surface area contributed by atoms with Gasteiger partial charge in [-0.25, -0.2) is 14.0 Å². The minimum absolute atomic E-state index is 0.0133. The summed E-state index contributed by atoms with van der Waals surface area (Å²) in [5.41, 5.74) is 0.551. The normalized spacial score (nSPS) is 18.9. The first-order valence-electron chi connectivity index (χ1n) is 4.40. The number of fused-ring (bicyclic) bond motifs is 1. The molecule has 1 aromatic rings. The van der Waals surface area contributed by atoms with Crippen molar-refractivity contribution < 1.29 is 23.8 Å². The number of esters is 1. The quantitative estimate of drug-likeness (QED) is 0.800. The Morgan fingerprint density at radius 1 is 1.56 bits per heavy atom. The van der Waals surface area contributed by atoms with Gasteiger partial charge in [0.05, 0.1) is 10.0 Å². The van der Waals surface area contributed by atoms with E-state index in [0.29, 0.717) is 5.56 Å². The minimum atomic E-state index is -1.24. The molecule has 84 valence electrons. The van der Waals surface area contributed by atoms with Crippen molar-refractivity contribution in [1.82, 2.24) is 0 Å². The molecule has 0 spiro atoms. The predicted octanol–water partition coefficient (Wildman–Crippen LogP) is 1.75. The van der Waals surface area contributed by atoms with Gasteiger partial charge in [0.1, 0.15) is 5.82 Å². The zero-order chi connectivity index (χ0) is 11.9. The first kappa shape index (κ1) is 11.1. The SMILES string of the molecule is O=C1OC(C(=O)O)Cc2cc(F)c(Br)cc21. The Morgan fingerprint density at radius 2 is 2.25 bits per heavy atom. The summed E-state index contributed by atoms with van der Waals surface area (Å²) in [4.78, 5) is 22.1. The second-order valence-corrected chi connectivity index (χ2v) is 4.21. The lowest BCUT2D eigenvalue weighted by Gasteiger charge is -2.21. The third-order valence-corrected chi connectivity index (χ3v) is 2.90. The molecule has 16 heavy (non-hydrogen) atoms. The molecule has 1 atom stereocenters. The monoisotopic (exact) mass is 288 g/mol. The van der Waals surface area contributed by atoms with Crippen LogP contribution in [0.1, 0.15) is 15.9 Å². The molecule has 0 saturated carbocycles. The van der Waals surface area contributed by atoms with Crippen molar-refractivity contribution in [3.05, 3.63) is 33.5 Å². The van der Waals surface area contributed by atoms with E-state index in [1.165, 1.54) is 6.07 Å². The van der Waals surface area contributed by atoms with Gasteiger partial charge in [0.2, 0.25) is 6.10 Å². The number of aliphatic carboxylic acids is 1. The second-order valence-electron chi connectivity index (χ2n) is 3.36. The number of ether oxygens (including phenoxy) is 1. The Kier molecular flexibility index (Phi) is 2.67. The molecule has 0 aromatic heterocycles. The van der Waals surface area contributed by atoms with Crippen LogP contribution < -0.4 is 0 Å². The van der Waals surface area contributed by atoms with E-state index < -0.39 is 23.9 Å². The van der Waals surface area contributed by atoms with E-state index in [-0.39, 0.29) is 16.5 Å². The molecule has 0 amide bonds. The average molecular weight is 289 g/mol. The van der Waals surface area contributed by atoms with Crippen molar-refractivity contribution in [1.29, 1.82) is 0 Å². The average Bonchev–Trinajstić information content (AvgIpc) is 2.20. The highest BCUT2D eigenvalue weighted by atomic mass is 79.9. The molecule has 1 aliphatic heterocycles. The van der Waals surface area contributed by atoms with Crippen molar-refractivity contribution in [2.45, 2.75) is 12.5 Å². The van der Waals surface area contributed by atoms with Crippen LogP contribution in [0, 0.1) is 5.82 Å². The summed E-state index contributed by atoms with van der Waals surface area (Å²) in [6.07, 6.45) is -1.25. The zero-order valence-electron chi connectivity index (χ0n) is 7.87. The molecule has 1 unspecified atom stereocenters. The molecular weight excluding hydrogens is 283 g/mol. The smallest absolute Gasteiger partial charge is 0.345 e. The number of rotatable bonds is 1. The first-order chi connectivity index (χ1) is 7.49. The fourth-order valence-corrected chi connectivity index (χ4v) is 1.86. The van der Waals surface area contributed by atoms with E-state index in [1.54, 1.807) is 0 Å². The van der Waals surface area contributed by atoms with Gasteiger partial charge in [-0.1, -0.05) is 0 Å². The van der Waals surface area contributed by atoms with E-state index in [0.717, 1.165) is 6.07 Å². The molecule has 1 N–H and O–H groups in total. The maximum atomic E-state index is 13.2. The topological polar surface area (TPSA) is 63.6 Å². The van der Waals surface area contributed by atoms with Crippen LogP contribution in [0.4, 0.5) is 4.39 Å². The Hall–Kier alpha value is -1.43. The van der Waals surface area contributed by atoms with Gasteiger partial charge in [-0.2, -0.15) is 0 Å². The summed E-state index contributed by atoms with van der Waals surface area (Å²) in [6, 6.07) is 2.45. The van der Waals surface area contributed by atoms with Crippen LogP contribution in [0.5, 0.6) is 0 Å². The predicted molar refractivity (Wildman–Crippen MR) is 54.6 cm³/mol. The lowest BCUT2D eigenvalue weighted by atomic mass is 9.98. The van der Waals surface area contributed by atoms with E-state index in [9.17, 15) is 14.0 Å². The molecule has 0 radical (unpaired) electrons. The second kappa shape index (κ2) is 3.86. The van der Waals surface area contributed by atoms with Crippen LogP contribution in [-0.4, -0.2) is 23.1 Å². The van der Waals surface area contributed by atoms with Crippen LogP contribution in [0.15, 0.2) is 16.6 Å². The highest BCUT2D eigenvalue weighted by Gasteiger charge is 2.31. The molecule has 2 rings (SSSR count). The van der Waals surface area contributed by atoms with Gasteiger partial charge in [0.25, 0.3) is 0 Å². The first-order valence-corrected chi connectivity index (χ1v) is 5.20. The summed E-state index contributed by atoms with van der Waals surface area (Å²) >= 11 is 2.95. The Labute approximate surface area is 98.1 Å². The molecule has 4 nitrogen and oxygen atoms in total. The molecule has 6 heteroatoms. The van der Waals surface area contributed by atoms with Crippen molar-refractivity contribution in [3.8, 4) is 0 Å². The molecule has 0 aliphatic carbocycles. The fourth-order valence-electron chi connectivity index (χ4n) is 1.52. The van der Waals surface area contributed by atoms with Crippen molar-refractivity contribution in [2.24, 2.45) is 0 Å². The van der Waals surface area contributed by atoms with Crippen LogP contribution >= 0.6 is 15.9 Å². The van der Waals surface area contributed by atoms with Gasteiger partial charge in [-0.05, 0) is 33.6 Å². The van der Waals surface area contributed by atoms with E-state index in [4.69, 9.17) is 5.11 Å². The maximum absolute atomic E-state index is 13.2. The highest BCUT2D eigenvalue weighted by Crippen LogP contribution is 2.26. The summed E-state index contributed by atoms with van der Waals surface area (Å²) in [5.74, 6) is -2.51. The largest absolute Gasteiger partial charge is 0.478 e. The van der Waals surface area contributed by atoms with Crippen LogP contribution in [-0.2, 0) is 16.0 Å². The van der Waals surface area contributed by atoms with Gasteiger partial charge in [-0.3, -0.25) is 0 Å². The lowest BCUT2D eigenvalue weighted by Crippen LogP contribution is -2.34. The summed E-state index contributed by atoms with van der Waals surface area (Å²) in [7, 11) is 0. The summed E-state index contributed by atoms with van der Waals surface area (Å²) in [5, 5.41) is 8.73. The number of carboxylic acid groups (broad SMARTS) is 1. The van der Waals surface area contributed by atoms with Gasteiger partial charge >= 0.3 is 11.9 Å². The molecule has 0 fully saturated rings. The molecule has 0 saturated heterocycles. The Morgan fingerprint density at radius 3 is 2.88 bits per heavy atom. The molecule has 1 aromatic carbocycles. The molecular formula is C10H6BrFO4. The summed E-state index contributed by atoms with van der Waals surface area (Å²) in [6.45, 7) is 0. The summed E-state index contributed by atoms with van der Waals surface area (Å²) < 4.78 is 18.1. The standard InChI is InChI=1S/C10H6BrFO4/c11-6-3-5-4(1-7(6)12)2-8(9(13)14)16-10(5)15/h1,3,8H,2H2,(H,13,14). The van der Waals surface area contributed by atoms with Crippen molar-refractivity contribution in [2.75, 3.05) is 0 Å². The fraction of sp³-hybridized carbons (Fsp3) is 0.200. The van der Waals surface area contributed by atoms with Crippen LogP contribution in [0.2, 0.25) is 0 Å². The Balaban J connectivity index is 2.46. The number of carbonyl (C=O) groups is 2. The van der Waals surface area contributed by atoms with Crippen LogP contribution in [0.25, 0.3) is 0 Å².